The first-order valence-corrected chi connectivity index (χ1v) is 7.27. The molecule has 1 amide bonds. The van der Waals surface area contributed by atoms with Crippen molar-refractivity contribution >= 4 is 5.91 Å². The number of rotatable bonds is 7. The summed E-state index contributed by atoms with van der Waals surface area (Å²) in [6.45, 7) is 9.61. The lowest BCUT2D eigenvalue weighted by atomic mass is 10.0. The number of hydrogen-bond donors (Lipinski definition) is 1. The smallest absolute Gasteiger partial charge is 0.225 e. The van der Waals surface area contributed by atoms with Gasteiger partial charge in [-0.3, -0.25) is 4.79 Å². The lowest BCUT2D eigenvalue weighted by molar-refractivity contribution is -0.135. The second-order valence-corrected chi connectivity index (χ2v) is 5.24. The molecule has 1 rings (SSSR count). The van der Waals surface area contributed by atoms with E-state index in [0.717, 1.165) is 38.9 Å². The lowest BCUT2D eigenvalue weighted by Gasteiger charge is -2.34. The van der Waals surface area contributed by atoms with Crippen LogP contribution in [-0.4, -0.2) is 49.2 Å². The Hall–Kier alpha value is -0.610. The van der Waals surface area contributed by atoms with E-state index in [1.807, 2.05) is 13.8 Å². The predicted octanol–water partition coefficient (Wildman–Crippen LogP) is 1.79. The van der Waals surface area contributed by atoms with Crippen LogP contribution in [0.3, 0.4) is 0 Å². The molecule has 0 saturated carbocycles. The monoisotopic (exact) mass is 256 g/mol. The van der Waals surface area contributed by atoms with Crippen LogP contribution >= 0.6 is 0 Å². The Balaban J connectivity index is 2.41. The van der Waals surface area contributed by atoms with Gasteiger partial charge < -0.3 is 15.0 Å². The standard InChI is InChI=1S/C14H28N2O2/c1-4-10-16(13-5-8-15-9-6-13)14(17)7-11-18-12(2)3/h12-13,15H,4-11H2,1-3H3. The first kappa shape index (κ1) is 15.4. The molecule has 4 nitrogen and oxygen atoms in total. The Morgan fingerprint density at radius 1 is 1.39 bits per heavy atom. The Kier molecular flexibility index (Phi) is 7.28. The molecule has 0 spiro atoms. The van der Waals surface area contributed by atoms with E-state index in [2.05, 4.69) is 17.1 Å². The van der Waals surface area contributed by atoms with Crippen LogP contribution < -0.4 is 5.32 Å². The highest BCUT2D eigenvalue weighted by Gasteiger charge is 2.24. The van der Waals surface area contributed by atoms with Gasteiger partial charge in [-0.2, -0.15) is 0 Å². The van der Waals surface area contributed by atoms with Crippen LogP contribution in [0.1, 0.15) is 46.5 Å². The molecule has 0 aliphatic carbocycles. The fourth-order valence-corrected chi connectivity index (χ4v) is 2.40. The third-order valence-corrected chi connectivity index (χ3v) is 3.30. The summed E-state index contributed by atoms with van der Waals surface area (Å²) in [7, 11) is 0. The van der Waals surface area contributed by atoms with Crippen LogP contribution in [0.4, 0.5) is 0 Å². The highest BCUT2D eigenvalue weighted by atomic mass is 16.5. The number of hydrogen-bond acceptors (Lipinski definition) is 3. The summed E-state index contributed by atoms with van der Waals surface area (Å²) in [4.78, 5) is 14.3. The van der Waals surface area contributed by atoms with Gasteiger partial charge in [0, 0.05) is 12.6 Å². The largest absolute Gasteiger partial charge is 0.378 e. The Morgan fingerprint density at radius 2 is 2.06 bits per heavy atom. The molecule has 4 heteroatoms. The molecule has 0 atom stereocenters. The average Bonchev–Trinajstić information content (AvgIpc) is 2.36. The maximum absolute atomic E-state index is 12.2. The van der Waals surface area contributed by atoms with Crippen molar-refractivity contribution in [2.45, 2.75) is 58.6 Å². The summed E-state index contributed by atoms with van der Waals surface area (Å²) in [5.41, 5.74) is 0. The van der Waals surface area contributed by atoms with E-state index in [0.29, 0.717) is 19.1 Å². The van der Waals surface area contributed by atoms with Crippen molar-refractivity contribution in [1.29, 1.82) is 0 Å². The zero-order chi connectivity index (χ0) is 13.4. The van der Waals surface area contributed by atoms with Gasteiger partial charge in [0.15, 0.2) is 0 Å². The average molecular weight is 256 g/mol. The number of amides is 1. The van der Waals surface area contributed by atoms with Gasteiger partial charge >= 0.3 is 0 Å². The van der Waals surface area contributed by atoms with Crippen LogP contribution in [0.15, 0.2) is 0 Å². The third-order valence-electron chi connectivity index (χ3n) is 3.30. The molecule has 0 aromatic rings. The number of carbonyl (C=O) groups is 1. The molecule has 1 heterocycles. The molecule has 0 unspecified atom stereocenters. The van der Waals surface area contributed by atoms with Gasteiger partial charge in [0.2, 0.25) is 5.91 Å². The van der Waals surface area contributed by atoms with Gasteiger partial charge in [0.05, 0.1) is 19.1 Å². The molecular formula is C14H28N2O2. The molecular weight excluding hydrogens is 228 g/mol. The Morgan fingerprint density at radius 3 is 2.61 bits per heavy atom. The summed E-state index contributed by atoms with van der Waals surface area (Å²) >= 11 is 0. The highest BCUT2D eigenvalue weighted by molar-refractivity contribution is 5.76. The van der Waals surface area contributed by atoms with Gasteiger partial charge in [0.1, 0.15) is 0 Å². The van der Waals surface area contributed by atoms with Crippen LogP contribution in [0.5, 0.6) is 0 Å². The SMILES string of the molecule is CCCN(C(=O)CCOC(C)C)C1CCNCC1. The third kappa shape index (κ3) is 5.36. The number of nitrogens with zero attached hydrogens (tertiary/aromatic N) is 1. The number of ether oxygens (including phenoxy) is 1. The summed E-state index contributed by atoms with van der Waals surface area (Å²) in [6.07, 6.45) is 3.91. The molecule has 18 heavy (non-hydrogen) atoms. The minimum atomic E-state index is 0.205. The van der Waals surface area contributed by atoms with E-state index in [1.54, 1.807) is 0 Å². The van der Waals surface area contributed by atoms with E-state index in [4.69, 9.17) is 4.74 Å². The second-order valence-electron chi connectivity index (χ2n) is 5.24. The quantitative estimate of drug-likeness (QED) is 0.755. The van der Waals surface area contributed by atoms with E-state index in [9.17, 15) is 4.79 Å². The molecule has 1 N–H and O–H groups in total. The molecule has 0 radical (unpaired) electrons. The molecule has 0 aromatic heterocycles. The summed E-state index contributed by atoms with van der Waals surface area (Å²) in [5.74, 6) is 0.254. The maximum atomic E-state index is 12.2. The highest BCUT2D eigenvalue weighted by Crippen LogP contribution is 2.14. The normalized spacial score (nSPS) is 17.1. The molecule has 1 fully saturated rings. The van der Waals surface area contributed by atoms with E-state index in [1.165, 1.54) is 0 Å². The maximum Gasteiger partial charge on any atom is 0.225 e. The topological polar surface area (TPSA) is 41.6 Å². The minimum absolute atomic E-state index is 0.205. The molecule has 0 bridgehead atoms. The first-order valence-electron chi connectivity index (χ1n) is 7.27. The molecule has 1 saturated heterocycles. The van der Waals surface area contributed by atoms with Crippen LogP contribution in [-0.2, 0) is 9.53 Å². The van der Waals surface area contributed by atoms with Gasteiger partial charge in [-0.1, -0.05) is 6.92 Å². The fraction of sp³-hybridized carbons (Fsp3) is 0.929. The Bertz CT molecular complexity index is 238. The predicted molar refractivity (Wildman–Crippen MR) is 73.6 cm³/mol. The molecule has 0 aromatic carbocycles. The fourth-order valence-electron chi connectivity index (χ4n) is 2.40. The zero-order valence-electron chi connectivity index (χ0n) is 12.1. The van der Waals surface area contributed by atoms with Crippen molar-refractivity contribution < 1.29 is 9.53 Å². The summed E-state index contributed by atoms with van der Waals surface area (Å²) in [5, 5.41) is 3.35. The van der Waals surface area contributed by atoms with Gasteiger partial charge in [-0.05, 0) is 46.2 Å². The van der Waals surface area contributed by atoms with Gasteiger partial charge in [-0.25, -0.2) is 0 Å². The number of piperidine rings is 1. The lowest BCUT2D eigenvalue weighted by Crippen LogP contribution is -2.46. The zero-order valence-corrected chi connectivity index (χ0v) is 12.1. The number of carbonyl (C=O) groups excluding carboxylic acids is 1. The molecule has 1 aliphatic rings. The van der Waals surface area contributed by atoms with Crippen molar-refractivity contribution in [3.8, 4) is 0 Å². The summed E-state index contributed by atoms with van der Waals surface area (Å²) < 4.78 is 5.47. The minimum Gasteiger partial charge on any atom is -0.378 e. The van der Waals surface area contributed by atoms with Gasteiger partial charge in [-0.15, -0.1) is 0 Å². The van der Waals surface area contributed by atoms with Crippen molar-refractivity contribution in [2.75, 3.05) is 26.2 Å². The van der Waals surface area contributed by atoms with Crippen LogP contribution in [0, 0.1) is 0 Å². The van der Waals surface area contributed by atoms with E-state index >= 15 is 0 Å². The van der Waals surface area contributed by atoms with E-state index in [-0.39, 0.29) is 12.0 Å². The van der Waals surface area contributed by atoms with Crippen LogP contribution in [0.25, 0.3) is 0 Å². The van der Waals surface area contributed by atoms with Crippen molar-refractivity contribution in [1.82, 2.24) is 10.2 Å². The van der Waals surface area contributed by atoms with Crippen LogP contribution in [0.2, 0.25) is 0 Å². The summed E-state index contributed by atoms with van der Waals surface area (Å²) in [6, 6.07) is 0.428. The van der Waals surface area contributed by atoms with E-state index < -0.39 is 0 Å². The van der Waals surface area contributed by atoms with Crippen molar-refractivity contribution in [3.05, 3.63) is 0 Å². The van der Waals surface area contributed by atoms with Crippen molar-refractivity contribution in [3.63, 3.8) is 0 Å². The first-order chi connectivity index (χ1) is 8.65. The number of nitrogens with one attached hydrogen (secondary N) is 1. The van der Waals surface area contributed by atoms with Gasteiger partial charge in [0.25, 0.3) is 0 Å². The Labute approximate surface area is 111 Å². The molecule has 1 aliphatic heterocycles. The second kappa shape index (κ2) is 8.48. The van der Waals surface area contributed by atoms with Crippen molar-refractivity contribution in [2.24, 2.45) is 0 Å². The molecule has 106 valence electrons.